The van der Waals surface area contributed by atoms with Gasteiger partial charge in [-0.1, -0.05) is 35.5 Å². The van der Waals surface area contributed by atoms with Crippen LogP contribution in [0.5, 0.6) is 0 Å². The van der Waals surface area contributed by atoms with Gasteiger partial charge in [0.25, 0.3) is 0 Å². The Bertz CT molecular complexity index is 828. The van der Waals surface area contributed by atoms with E-state index in [-0.39, 0.29) is 17.1 Å². The molecule has 1 aromatic carbocycles. The fourth-order valence-corrected chi connectivity index (χ4v) is 5.94. The molecule has 2 fully saturated rings. The van der Waals surface area contributed by atoms with Gasteiger partial charge in [0, 0.05) is 19.1 Å². The highest BCUT2D eigenvalue weighted by atomic mass is 32.2. The molecule has 128 valence electrons. The maximum Gasteiger partial charge on any atom is 0.250 e. The van der Waals surface area contributed by atoms with Crippen LogP contribution in [-0.4, -0.2) is 41.9 Å². The maximum absolute atomic E-state index is 13.4. The van der Waals surface area contributed by atoms with Crippen LogP contribution in [0.15, 0.2) is 39.8 Å². The van der Waals surface area contributed by atoms with Gasteiger partial charge < -0.3 is 4.52 Å². The number of fused-ring (bicyclic) bond motifs is 1. The quantitative estimate of drug-likeness (QED) is 0.853. The molecule has 0 aliphatic carbocycles. The van der Waals surface area contributed by atoms with Gasteiger partial charge >= 0.3 is 0 Å². The fourth-order valence-electron chi connectivity index (χ4n) is 4.02. The molecule has 6 nitrogen and oxygen atoms in total. The van der Waals surface area contributed by atoms with E-state index in [0.29, 0.717) is 18.0 Å². The van der Waals surface area contributed by atoms with Crippen molar-refractivity contribution in [2.75, 3.05) is 13.1 Å². The van der Waals surface area contributed by atoms with Gasteiger partial charge in [-0.2, -0.15) is 4.31 Å². The summed E-state index contributed by atoms with van der Waals surface area (Å²) in [6, 6.07) is 10.2. The number of hydrogen-bond donors (Lipinski definition) is 0. The number of benzene rings is 1. The van der Waals surface area contributed by atoms with Crippen LogP contribution in [0.3, 0.4) is 0 Å². The Morgan fingerprint density at radius 1 is 1.21 bits per heavy atom. The summed E-state index contributed by atoms with van der Waals surface area (Å²) in [6.07, 6.45) is 1.90. The first-order chi connectivity index (χ1) is 11.5. The molecule has 24 heavy (non-hydrogen) atoms. The monoisotopic (exact) mass is 347 g/mol. The fraction of sp³-hybridized carbons (Fsp3) is 0.471. The smallest absolute Gasteiger partial charge is 0.250 e. The summed E-state index contributed by atoms with van der Waals surface area (Å²) in [4.78, 5) is 2.52. The Labute approximate surface area is 142 Å². The average Bonchev–Trinajstić information content (AvgIpc) is 3.22. The second-order valence-corrected chi connectivity index (χ2v) is 8.37. The zero-order valence-corrected chi connectivity index (χ0v) is 14.7. The van der Waals surface area contributed by atoms with Crippen molar-refractivity contribution < 1.29 is 12.9 Å². The number of nitrogens with zero attached hydrogens (tertiary/aromatic N) is 3. The van der Waals surface area contributed by atoms with Crippen molar-refractivity contribution in [2.45, 2.75) is 43.8 Å². The number of aryl methyl sites for hydroxylation is 2. The highest BCUT2D eigenvalue weighted by Gasteiger charge is 2.49. The van der Waals surface area contributed by atoms with E-state index in [2.05, 4.69) is 10.1 Å². The van der Waals surface area contributed by atoms with Crippen LogP contribution in [0, 0.1) is 13.8 Å². The summed E-state index contributed by atoms with van der Waals surface area (Å²) in [5.41, 5.74) is 1.43. The van der Waals surface area contributed by atoms with Crippen LogP contribution in [0.1, 0.15) is 36.0 Å². The molecule has 0 amide bonds. The van der Waals surface area contributed by atoms with Crippen molar-refractivity contribution in [3.63, 3.8) is 0 Å². The van der Waals surface area contributed by atoms with E-state index in [4.69, 9.17) is 4.52 Å². The molecule has 2 aliphatic heterocycles. The molecule has 0 radical (unpaired) electrons. The third-order valence-electron chi connectivity index (χ3n) is 5.03. The van der Waals surface area contributed by atoms with Gasteiger partial charge in [0.1, 0.15) is 16.8 Å². The molecule has 1 aromatic heterocycles. The molecule has 2 saturated heterocycles. The first kappa shape index (κ1) is 15.8. The van der Waals surface area contributed by atoms with Crippen molar-refractivity contribution >= 4 is 10.0 Å². The van der Waals surface area contributed by atoms with Gasteiger partial charge in [0.2, 0.25) is 10.0 Å². The lowest BCUT2D eigenvalue weighted by molar-refractivity contribution is 0.198. The Kier molecular flexibility index (Phi) is 3.74. The molecule has 0 saturated carbocycles. The van der Waals surface area contributed by atoms with Crippen LogP contribution >= 0.6 is 0 Å². The second kappa shape index (κ2) is 5.68. The van der Waals surface area contributed by atoms with Gasteiger partial charge in [0.05, 0.1) is 0 Å². The molecule has 0 spiro atoms. The van der Waals surface area contributed by atoms with Crippen LogP contribution < -0.4 is 0 Å². The summed E-state index contributed by atoms with van der Waals surface area (Å²) in [7, 11) is -3.66. The average molecular weight is 347 g/mol. The summed E-state index contributed by atoms with van der Waals surface area (Å²) >= 11 is 0. The standard InChI is InChI=1S/C17H21N3O3S/c1-12-16(13(2)23-18-12)24(21,22)20-11-15-9-6-10-19(15)17(20)14-7-4-3-5-8-14/h3-5,7-8,15,17H,6,9-11H2,1-2H3. The van der Waals surface area contributed by atoms with Gasteiger partial charge in [-0.05, 0) is 32.3 Å². The van der Waals surface area contributed by atoms with Crippen molar-refractivity contribution in [1.82, 2.24) is 14.4 Å². The Morgan fingerprint density at radius 2 is 1.96 bits per heavy atom. The minimum absolute atomic E-state index is 0.213. The molecule has 2 unspecified atom stereocenters. The summed E-state index contributed by atoms with van der Waals surface area (Å²) in [5.74, 6) is 0.353. The van der Waals surface area contributed by atoms with E-state index in [1.165, 1.54) is 0 Å². The second-order valence-electron chi connectivity index (χ2n) is 6.55. The third-order valence-corrected chi connectivity index (χ3v) is 7.10. The summed E-state index contributed by atoms with van der Waals surface area (Å²) in [5, 5.41) is 3.83. The molecule has 0 N–H and O–H groups in total. The van der Waals surface area contributed by atoms with Crippen LogP contribution in [-0.2, 0) is 10.0 Å². The number of sulfonamides is 1. The molecule has 2 aromatic rings. The number of aromatic nitrogens is 1. The van der Waals surface area contributed by atoms with Crippen molar-refractivity contribution in [3.05, 3.63) is 47.3 Å². The van der Waals surface area contributed by atoms with Crippen LogP contribution in [0.2, 0.25) is 0 Å². The predicted molar refractivity (Wildman–Crippen MR) is 88.8 cm³/mol. The Morgan fingerprint density at radius 3 is 2.62 bits per heavy atom. The highest BCUT2D eigenvalue weighted by Crippen LogP contribution is 2.42. The lowest BCUT2D eigenvalue weighted by Gasteiger charge is -2.29. The Balaban J connectivity index is 1.81. The minimum atomic E-state index is -3.66. The lowest BCUT2D eigenvalue weighted by atomic mass is 10.1. The van der Waals surface area contributed by atoms with E-state index in [0.717, 1.165) is 24.9 Å². The van der Waals surface area contributed by atoms with Gasteiger partial charge in [-0.15, -0.1) is 0 Å². The number of hydrogen-bond acceptors (Lipinski definition) is 5. The predicted octanol–water partition coefficient (Wildman–Crippen LogP) is 2.46. The normalized spacial score (nSPS) is 25.2. The number of rotatable bonds is 3. The largest absolute Gasteiger partial charge is 0.360 e. The molecule has 7 heteroatoms. The summed E-state index contributed by atoms with van der Waals surface area (Å²) < 4.78 is 33.4. The zero-order chi connectivity index (χ0) is 16.9. The van der Waals surface area contributed by atoms with E-state index < -0.39 is 10.0 Å². The van der Waals surface area contributed by atoms with Crippen molar-refractivity contribution in [3.8, 4) is 0 Å². The molecule has 4 rings (SSSR count). The molecular formula is C17H21N3O3S. The van der Waals surface area contributed by atoms with Gasteiger partial charge in [-0.25, -0.2) is 8.42 Å². The van der Waals surface area contributed by atoms with Gasteiger partial charge in [-0.3, -0.25) is 4.90 Å². The third kappa shape index (κ3) is 2.30. The molecule has 2 atom stereocenters. The lowest BCUT2D eigenvalue weighted by Crippen LogP contribution is -2.35. The first-order valence-electron chi connectivity index (χ1n) is 8.25. The van der Waals surface area contributed by atoms with E-state index in [1.807, 2.05) is 30.3 Å². The highest BCUT2D eigenvalue weighted by molar-refractivity contribution is 7.89. The molecular weight excluding hydrogens is 326 g/mol. The molecule has 0 bridgehead atoms. The first-order valence-corrected chi connectivity index (χ1v) is 9.69. The molecule has 2 aliphatic rings. The van der Waals surface area contributed by atoms with Crippen LogP contribution in [0.4, 0.5) is 0 Å². The minimum Gasteiger partial charge on any atom is -0.360 e. The van der Waals surface area contributed by atoms with Crippen molar-refractivity contribution in [2.24, 2.45) is 0 Å². The Hall–Kier alpha value is -1.70. The van der Waals surface area contributed by atoms with Crippen molar-refractivity contribution in [1.29, 1.82) is 0 Å². The topological polar surface area (TPSA) is 66.7 Å². The SMILES string of the molecule is Cc1noc(C)c1S(=O)(=O)N1CC2CCCN2C1c1ccccc1. The summed E-state index contributed by atoms with van der Waals surface area (Å²) in [6.45, 7) is 4.78. The van der Waals surface area contributed by atoms with E-state index in [1.54, 1.807) is 18.2 Å². The van der Waals surface area contributed by atoms with E-state index in [9.17, 15) is 8.42 Å². The van der Waals surface area contributed by atoms with Crippen LogP contribution in [0.25, 0.3) is 0 Å². The van der Waals surface area contributed by atoms with Gasteiger partial charge in [0.15, 0.2) is 5.76 Å². The molecule has 3 heterocycles. The maximum atomic E-state index is 13.4. The zero-order valence-electron chi connectivity index (χ0n) is 13.8. The van der Waals surface area contributed by atoms with E-state index >= 15 is 0 Å².